The highest BCUT2D eigenvalue weighted by atomic mass is 15.1. The Balaban J connectivity index is 1.27. The van der Waals surface area contributed by atoms with E-state index in [1.807, 2.05) is 0 Å². The maximum Gasteiger partial charge on any atom is 0.0540 e. The van der Waals surface area contributed by atoms with Crippen LogP contribution in [0.1, 0.15) is 0 Å². The number of anilines is 3. The number of fused-ring (bicyclic) bond motifs is 5. The van der Waals surface area contributed by atoms with E-state index in [9.17, 15) is 0 Å². The van der Waals surface area contributed by atoms with Crippen LogP contribution in [-0.4, -0.2) is 0 Å². The summed E-state index contributed by atoms with van der Waals surface area (Å²) in [7, 11) is 0. The minimum Gasteiger partial charge on any atom is -0.310 e. The average Bonchev–Trinajstić information content (AvgIpc) is 3.15. The lowest BCUT2D eigenvalue weighted by Crippen LogP contribution is -2.10. The molecule has 0 fully saturated rings. The smallest absolute Gasteiger partial charge is 0.0540 e. The van der Waals surface area contributed by atoms with Crippen LogP contribution in [-0.2, 0) is 0 Å². The highest BCUT2D eigenvalue weighted by molar-refractivity contribution is 6.14. The van der Waals surface area contributed by atoms with Crippen LogP contribution in [0.25, 0.3) is 65.3 Å². The highest BCUT2D eigenvalue weighted by Gasteiger charge is 2.18. The molecule has 0 aromatic heterocycles. The summed E-state index contributed by atoms with van der Waals surface area (Å²) >= 11 is 0. The summed E-state index contributed by atoms with van der Waals surface area (Å²) in [6.07, 6.45) is 0. The Morgan fingerprint density at radius 2 is 0.766 bits per heavy atom. The minimum atomic E-state index is 1.12. The topological polar surface area (TPSA) is 3.24 Å². The zero-order chi connectivity index (χ0) is 31.2. The SMILES string of the molecule is c1cc(-c2cccc3ccccc23)cc(N(c2cccc(-c3cc4ccccc4c4ccccc34)c2)c2cccc3ccccc23)c1. The molecule has 0 amide bonds. The number of hydrogen-bond donors (Lipinski definition) is 0. The number of nitrogens with zero attached hydrogens (tertiary/aromatic N) is 1. The molecule has 9 aromatic rings. The first-order chi connectivity index (χ1) is 23.3. The van der Waals surface area contributed by atoms with Gasteiger partial charge in [-0.15, -0.1) is 0 Å². The summed E-state index contributed by atoms with van der Waals surface area (Å²) in [5, 5.41) is 10.0. The van der Waals surface area contributed by atoms with Gasteiger partial charge in [0.15, 0.2) is 0 Å². The normalized spacial score (nSPS) is 11.4. The van der Waals surface area contributed by atoms with Gasteiger partial charge in [-0.25, -0.2) is 0 Å². The molecule has 0 N–H and O–H groups in total. The van der Waals surface area contributed by atoms with Crippen molar-refractivity contribution in [2.75, 3.05) is 4.90 Å². The zero-order valence-corrected chi connectivity index (χ0v) is 25.8. The van der Waals surface area contributed by atoms with Gasteiger partial charge in [0.1, 0.15) is 0 Å². The van der Waals surface area contributed by atoms with E-state index in [2.05, 4.69) is 193 Å². The van der Waals surface area contributed by atoms with E-state index in [4.69, 9.17) is 0 Å². The van der Waals surface area contributed by atoms with E-state index in [0.29, 0.717) is 0 Å². The molecular formula is C46H31N. The largest absolute Gasteiger partial charge is 0.310 e. The lowest BCUT2D eigenvalue weighted by atomic mass is 9.93. The van der Waals surface area contributed by atoms with Crippen LogP contribution in [0.2, 0.25) is 0 Å². The standard InChI is InChI=1S/C46H31N/c1-4-22-39-32(13-1)16-11-27-40(39)34-18-9-20-37(29-34)47(46-28-12-17-33-14-2-6-24-42(33)46)38-21-10-19-35(30-38)45-31-36-15-3-5-23-41(36)43-25-7-8-26-44(43)45/h1-31H. The first-order valence-electron chi connectivity index (χ1n) is 16.2. The molecule has 0 aliphatic carbocycles. The summed E-state index contributed by atoms with van der Waals surface area (Å²) in [5.41, 5.74) is 8.25. The van der Waals surface area contributed by atoms with Gasteiger partial charge in [-0.1, -0.05) is 152 Å². The molecule has 1 nitrogen and oxygen atoms in total. The molecule has 0 unspecified atom stereocenters. The van der Waals surface area contributed by atoms with Crippen molar-refractivity contribution in [3.63, 3.8) is 0 Å². The van der Waals surface area contributed by atoms with Crippen molar-refractivity contribution in [1.29, 1.82) is 0 Å². The van der Waals surface area contributed by atoms with Gasteiger partial charge in [0.25, 0.3) is 0 Å². The third-order valence-electron chi connectivity index (χ3n) is 9.40. The molecule has 0 aliphatic rings. The number of hydrogen-bond acceptors (Lipinski definition) is 1. The fourth-order valence-electron chi connectivity index (χ4n) is 7.23. The Labute approximate surface area is 274 Å². The van der Waals surface area contributed by atoms with E-state index in [-0.39, 0.29) is 0 Å². The zero-order valence-electron chi connectivity index (χ0n) is 25.8. The predicted molar refractivity (Wildman–Crippen MR) is 202 cm³/mol. The van der Waals surface area contributed by atoms with Crippen LogP contribution in [0.15, 0.2) is 188 Å². The maximum atomic E-state index is 2.42. The molecule has 9 rings (SSSR count). The molecule has 0 atom stereocenters. The summed E-state index contributed by atoms with van der Waals surface area (Å²) in [5.74, 6) is 0. The van der Waals surface area contributed by atoms with Gasteiger partial charge in [-0.05, 0) is 96.4 Å². The van der Waals surface area contributed by atoms with Gasteiger partial charge >= 0.3 is 0 Å². The number of rotatable bonds is 5. The lowest BCUT2D eigenvalue weighted by molar-refractivity contribution is 1.30. The van der Waals surface area contributed by atoms with Crippen LogP contribution in [0.3, 0.4) is 0 Å². The van der Waals surface area contributed by atoms with Crippen LogP contribution < -0.4 is 4.90 Å². The van der Waals surface area contributed by atoms with Crippen LogP contribution in [0.4, 0.5) is 17.1 Å². The van der Waals surface area contributed by atoms with Crippen molar-refractivity contribution in [3.05, 3.63) is 188 Å². The first-order valence-corrected chi connectivity index (χ1v) is 16.2. The van der Waals surface area contributed by atoms with Gasteiger partial charge in [0.2, 0.25) is 0 Å². The molecule has 0 bridgehead atoms. The molecule has 0 spiro atoms. The molecule has 0 saturated heterocycles. The molecule has 9 aromatic carbocycles. The fourth-order valence-corrected chi connectivity index (χ4v) is 7.23. The molecular weight excluding hydrogens is 567 g/mol. The lowest BCUT2D eigenvalue weighted by Gasteiger charge is -2.28. The van der Waals surface area contributed by atoms with Crippen molar-refractivity contribution < 1.29 is 0 Å². The van der Waals surface area contributed by atoms with Crippen LogP contribution in [0.5, 0.6) is 0 Å². The predicted octanol–water partition coefficient (Wildman–Crippen LogP) is 13.1. The summed E-state index contributed by atoms with van der Waals surface area (Å²) in [6.45, 7) is 0. The van der Waals surface area contributed by atoms with Gasteiger partial charge in [0.05, 0.1) is 5.69 Å². The van der Waals surface area contributed by atoms with E-state index >= 15 is 0 Å². The fraction of sp³-hybridized carbons (Fsp3) is 0. The van der Waals surface area contributed by atoms with E-state index < -0.39 is 0 Å². The Morgan fingerprint density at radius 3 is 1.49 bits per heavy atom. The maximum absolute atomic E-state index is 2.42. The molecule has 0 radical (unpaired) electrons. The Kier molecular flexibility index (Phi) is 6.54. The molecule has 0 saturated carbocycles. The Hall–Kier alpha value is -6.18. The molecule has 1 heteroatoms. The second-order valence-electron chi connectivity index (χ2n) is 12.2. The Morgan fingerprint density at radius 1 is 0.277 bits per heavy atom. The van der Waals surface area contributed by atoms with Crippen molar-refractivity contribution in [1.82, 2.24) is 0 Å². The van der Waals surface area contributed by atoms with Crippen molar-refractivity contribution >= 4 is 60.2 Å². The second-order valence-corrected chi connectivity index (χ2v) is 12.2. The van der Waals surface area contributed by atoms with Crippen molar-refractivity contribution in [2.45, 2.75) is 0 Å². The monoisotopic (exact) mass is 597 g/mol. The average molecular weight is 598 g/mol. The summed E-state index contributed by atoms with van der Waals surface area (Å²) < 4.78 is 0. The van der Waals surface area contributed by atoms with E-state index in [1.165, 1.54) is 65.3 Å². The molecule has 0 heterocycles. The molecule has 0 aliphatic heterocycles. The first kappa shape index (κ1) is 27.2. The van der Waals surface area contributed by atoms with E-state index in [1.54, 1.807) is 0 Å². The summed E-state index contributed by atoms with van der Waals surface area (Å²) in [4.78, 5) is 2.42. The van der Waals surface area contributed by atoms with Gasteiger partial charge in [0, 0.05) is 16.8 Å². The van der Waals surface area contributed by atoms with Gasteiger partial charge in [-0.3, -0.25) is 0 Å². The Bertz CT molecular complexity index is 2580. The number of benzene rings is 9. The quantitative estimate of drug-likeness (QED) is 0.178. The second kappa shape index (κ2) is 11.3. The van der Waals surface area contributed by atoms with Crippen molar-refractivity contribution in [3.8, 4) is 22.3 Å². The molecule has 47 heavy (non-hydrogen) atoms. The van der Waals surface area contributed by atoms with E-state index in [0.717, 1.165) is 17.1 Å². The van der Waals surface area contributed by atoms with Gasteiger partial charge in [-0.2, -0.15) is 0 Å². The van der Waals surface area contributed by atoms with Crippen LogP contribution >= 0.6 is 0 Å². The third kappa shape index (κ3) is 4.72. The third-order valence-corrected chi connectivity index (χ3v) is 9.40. The summed E-state index contributed by atoms with van der Waals surface area (Å²) in [6, 6.07) is 68.3. The van der Waals surface area contributed by atoms with Gasteiger partial charge < -0.3 is 4.90 Å². The highest BCUT2D eigenvalue weighted by Crippen LogP contribution is 2.43. The van der Waals surface area contributed by atoms with Crippen molar-refractivity contribution in [2.24, 2.45) is 0 Å². The minimum absolute atomic E-state index is 1.12. The molecule has 220 valence electrons. The van der Waals surface area contributed by atoms with Crippen LogP contribution in [0, 0.1) is 0 Å².